The van der Waals surface area contributed by atoms with E-state index < -0.39 is 0 Å². The van der Waals surface area contributed by atoms with Crippen LogP contribution in [0.25, 0.3) is 0 Å². The highest BCUT2D eigenvalue weighted by molar-refractivity contribution is 5.89. The maximum Gasteiger partial charge on any atom is 0.308 e. The zero-order valence-corrected chi connectivity index (χ0v) is 13.0. The molecule has 126 valence electrons. The Morgan fingerprint density at radius 2 is 2.17 bits per heavy atom. The Balaban J connectivity index is 1.36. The van der Waals surface area contributed by atoms with Crippen molar-refractivity contribution in [3.05, 3.63) is 35.5 Å². The summed E-state index contributed by atoms with van der Waals surface area (Å²) in [6.07, 6.45) is 2.48. The van der Waals surface area contributed by atoms with E-state index in [0.717, 1.165) is 30.8 Å². The van der Waals surface area contributed by atoms with E-state index in [2.05, 4.69) is 15.5 Å². The zero-order chi connectivity index (χ0) is 16.4. The summed E-state index contributed by atoms with van der Waals surface area (Å²) in [5, 5.41) is 10.5. The normalized spacial score (nSPS) is 18.8. The van der Waals surface area contributed by atoms with Crippen LogP contribution >= 0.6 is 0 Å². The fraction of sp³-hybridized carbons (Fsp3) is 0.438. The molecule has 1 N–H and O–H groups in total. The number of fused-ring (bicyclic) bond motifs is 1. The number of ether oxygens (including phenoxy) is 3. The molecule has 1 atom stereocenters. The number of carbonyl (C=O) groups excluding carboxylic acids is 1. The molecular formula is C16H17N3O5. The molecule has 0 saturated carbocycles. The van der Waals surface area contributed by atoms with E-state index in [1.807, 2.05) is 18.2 Å². The molecule has 1 saturated heterocycles. The molecule has 1 fully saturated rings. The van der Waals surface area contributed by atoms with Crippen molar-refractivity contribution in [1.82, 2.24) is 15.5 Å². The van der Waals surface area contributed by atoms with Crippen LogP contribution in [0, 0.1) is 0 Å². The smallest absolute Gasteiger partial charge is 0.308 e. The molecule has 24 heavy (non-hydrogen) atoms. The van der Waals surface area contributed by atoms with Gasteiger partial charge in [0, 0.05) is 13.2 Å². The first-order valence-electron chi connectivity index (χ1n) is 7.88. The summed E-state index contributed by atoms with van der Waals surface area (Å²) in [5.41, 5.74) is 0.939. The number of nitrogens with zero attached hydrogens (tertiary/aromatic N) is 2. The standard InChI is InChI=1S/C16H17N3O5/c20-15(17-8-11-2-1-5-21-11)16-19-18-14(24-16)7-10-3-4-12-13(6-10)23-9-22-12/h3-4,6,11H,1-2,5,7-9H2,(H,17,20)/t11-/m0/s1. The van der Waals surface area contributed by atoms with Gasteiger partial charge in [-0.05, 0) is 30.5 Å². The van der Waals surface area contributed by atoms with Crippen molar-refractivity contribution in [1.29, 1.82) is 0 Å². The summed E-state index contributed by atoms with van der Waals surface area (Å²) in [6, 6.07) is 5.60. The van der Waals surface area contributed by atoms with Gasteiger partial charge in [-0.1, -0.05) is 6.07 Å². The summed E-state index contributed by atoms with van der Waals surface area (Å²) in [6.45, 7) is 1.44. The highest BCUT2D eigenvalue weighted by Crippen LogP contribution is 2.32. The number of amides is 1. The van der Waals surface area contributed by atoms with Gasteiger partial charge >= 0.3 is 11.8 Å². The number of aromatic nitrogens is 2. The summed E-state index contributed by atoms with van der Waals surface area (Å²) in [4.78, 5) is 12.0. The minimum absolute atomic E-state index is 0.0382. The van der Waals surface area contributed by atoms with Gasteiger partial charge in [-0.25, -0.2) is 0 Å². The number of carbonyl (C=O) groups is 1. The molecule has 8 heteroatoms. The van der Waals surface area contributed by atoms with Gasteiger partial charge in [0.25, 0.3) is 0 Å². The maximum atomic E-state index is 12.0. The molecule has 0 spiro atoms. The molecule has 2 aliphatic heterocycles. The number of benzene rings is 1. The van der Waals surface area contributed by atoms with E-state index in [0.29, 0.717) is 24.6 Å². The summed E-state index contributed by atoms with van der Waals surface area (Å²) >= 11 is 0. The van der Waals surface area contributed by atoms with Crippen molar-refractivity contribution < 1.29 is 23.4 Å². The second-order valence-electron chi connectivity index (χ2n) is 5.71. The third kappa shape index (κ3) is 3.18. The van der Waals surface area contributed by atoms with Crippen LogP contribution in [-0.4, -0.2) is 42.2 Å². The van der Waals surface area contributed by atoms with Gasteiger partial charge in [-0.2, -0.15) is 0 Å². The molecule has 1 aromatic heterocycles. The largest absolute Gasteiger partial charge is 0.454 e. The molecule has 2 aliphatic rings. The Hall–Kier alpha value is -2.61. The van der Waals surface area contributed by atoms with Gasteiger partial charge in [0.05, 0.1) is 12.5 Å². The molecule has 4 rings (SSSR count). The molecule has 2 aromatic rings. The van der Waals surface area contributed by atoms with Gasteiger partial charge in [0.1, 0.15) is 0 Å². The first kappa shape index (κ1) is 14.9. The van der Waals surface area contributed by atoms with E-state index in [9.17, 15) is 4.79 Å². The number of rotatable bonds is 5. The van der Waals surface area contributed by atoms with Crippen molar-refractivity contribution in [2.45, 2.75) is 25.4 Å². The van der Waals surface area contributed by atoms with E-state index in [1.54, 1.807) is 0 Å². The predicted molar refractivity (Wildman–Crippen MR) is 81.0 cm³/mol. The minimum atomic E-state index is -0.380. The Labute approximate surface area is 138 Å². The lowest BCUT2D eigenvalue weighted by molar-refractivity contribution is 0.0828. The fourth-order valence-electron chi connectivity index (χ4n) is 2.73. The quantitative estimate of drug-likeness (QED) is 0.882. The first-order valence-corrected chi connectivity index (χ1v) is 7.88. The second-order valence-corrected chi connectivity index (χ2v) is 5.71. The molecule has 0 bridgehead atoms. The SMILES string of the molecule is O=C(NC[C@@H]1CCCO1)c1nnc(Cc2ccc3c(c2)OCO3)o1. The van der Waals surface area contributed by atoms with Crippen LogP contribution in [0.1, 0.15) is 35.0 Å². The topological polar surface area (TPSA) is 95.7 Å². The van der Waals surface area contributed by atoms with E-state index in [-0.39, 0.29) is 24.7 Å². The lowest BCUT2D eigenvalue weighted by Crippen LogP contribution is -2.31. The molecule has 1 aromatic carbocycles. The lowest BCUT2D eigenvalue weighted by atomic mass is 10.1. The summed E-state index contributed by atoms with van der Waals surface area (Å²) in [5.74, 6) is 1.37. The Bertz CT molecular complexity index is 739. The third-order valence-electron chi connectivity index (χ3n) is 3.97. The summed E-state index contributed by atoms with van der Waals surface area (Å²) < 4.78 is 21.5. The van der Waals surface area contributed by atoms with Gasteiger partial charge in [-0.15, -0.1) is 10.2 Å². The van der Waals surface area contributed by atoms with Gasteiger partial charge < -0.3 is 23.9 Å². The van der Waals surface area contributed by atoms with Crippen LogP contribution in [0.5, 0.6) is 11.5 Å². The Morgan fingerprint density at radius 3 is 3.04 bits per heavy atom. The maximum absolute atomic E-state index is 12.0. The summed E-state index contributed by atoms with van der Waals surface area (Å²) in [7, 11) is 0. The number of nitrogens with one attached hydrogen (secondary N) is 1. The van der Waals surface area contributed by atoms with Crippen LogP contribution < -0.4 is 14.8 Å². The molecular weight excluding hydrogens is 314 g/mol. The van der Waals surface area contributed by atoms with E-state index in [1.165, 1.54) is 0 Å². The lowest BCUT2D eigenvalue weighted by Gasteiger charge is -2.08. The fourth-order valence-corrected chi connectivity index (χ4v) is 2.73. The van der Waals surface area contributed by atoms with Crippen LogP contribution in [0.4, 0.5) is 0 Å². The third-order valence-corrected chi connectivity index (χ3v) is 3.97. The van der Waals surface area contributed by atoms with Crippen molar-refractivity contribution in [3.63, 3.8) is 0 Å². The van der Waals surface area contributed by atoms with Crippen LogP contribution in [0.3, 0.4) is 0 Å². The zero-order valence-electron chi connectivity index (χ0n) is 13.0. The van der Waals surface area contributed by atoms with Crippen LogP contribution in [-0.2, 0) is 11.2 Å². The highest BCUT2D eigenvalue weighted by Gasteiger charge is 2.20. The molecule has 1 amide bonds. The van der Waals surface area contributed by atoms with Crippen molar-refractivity contribution in [2.24, 2.45) is 0 Å². The van der Waals surface area contributed by atoms with Crippen molar-refractivity contribution >= 4 is 5.91 Å². The molecule has 8 nitrogen and oxygen atoms in total. The average Bonchev–Trinajstić information content (AvgIpc) is 3.33. The molecule has 3 heterocycles. The molecule has 0 unspecified atom stereocenters. The van der Waals surface area contributed by atoms with Crippen molar-refractivity contribution in [3.8, 4) is 11.5 Å². The Morgan fingerprint density at radius 1 is 1.25 bits per heavy atom. The molecule has 0 aliphatic carbocycles. The van der Waals surface area contributed by atoms with E-state index >= 15 is 0 Å². The first-order chi connectivity index (χ1) is 11.8. The molecule has 0 radical (unpaired) electrons. The predicted octanol–water partition coefficient (Wildman–Crippen LogP) is 1.30. The minimum Gasteiger partial charge on any atom is -0.454 e. The van der Waals surface area contributed by atoms with Crippen LogP contribution in [0.2, 0.25) is 0 Å². The monoisotopic (exact) mass is 331 g/mol. The highest BCUT2D eigenvalue weighted by atomic mass is 16.7. The number of hydrogen-bond acceptors (Lipinski definition) is 7. The second kappa shape index (κ2) is 6.48. The Kier molecular flexibility index (Phi) is 4.04. The van der Waals surface area contributed by atoms with Gasteiger partial charge in [0.2, 0.25) is 12.7 Å². The van der Waals surface area contributed by atoms with Crippen molar-refractivity contribution in [2.75, 3.05) is 19.9 Å². The van der Waals surface area contributed by atoms with Gasteiger partial charge in [-0.3, -0.25) is 4.79 Å². The van der Waals surface area contributed by atoms with Crippen LogP contribution in [0.15, 0.2) is 22.6 Å². The van der Waals surface area contributed by atoms with Gasteiger partial charge in [0.15, 0.2) is 11.5 Å². The van der Waals surface area contributed by atoms with E-state index in [4.69, 9.17) is 18.6 Å². The average molecular weight is 331 g/mol. The number of hydrogen-bond donors (Lipinski definition) is 1.